The van der Waals surface area contributed by atoms with Gasteiger partial charge in [0.25, 0.3) is 21.6 Å². The summed E-state index contributed by atoms with van der Waals surface area (Å²) >= 11 is 0. The second-order valence-electron chi connectivity index (χ2n) is 6.64. The van der Waals surface area contributed by atoms with Crippen molar-refractivity contribution in [2.75, 3.05) is 0 Å². The van der Waals surface area contributed by atoms with E-state index in [-0.39, 0.29) is 21.6 Å². The Kier molecular flexibility index (Phi) is 5.43. The van der Waals surface area contributed by atoms with Crippen LogP contribution < -0.4 is 10.3 Å². The Morgan fingerprint density at radius 3 is 2.23 bits per heavy atom. The van der Waals surface area contributed by atoms with Crippen LogP contribution in [0.25, 0.3) is 0 Å². The number of hydrogen-bond donors (Lipinski definition) is 2. The first-order valence-corrected chi connectivity index (χ1v) is 9.16. The molecule has 0 unspecified atom stereocenters. The topological polar surface area (TPSA) is 118 Å². The number of hydrogen-bond acceptors (Lipinski definition) is 5. The van der Waals surface area contributed by atoms with Crippen LogP contribution in [0.3, 0.4) is 0 Å². The van der Waals surface area contributed by atoms with E-state index in [1.807, 2.05) is 31.0 Å². The van der Waals surface area contributed by atoms with Crippen LogP contribution >= 0.6 is 0 Å². The first kappa shape index (κ1) is 19.5. The first-order valence-electron chi connectivity index (χ1n) is 7.68. The third-order valence-corrected chi connectivity index (χ3v) is 4.91. The predicted octanol–water partition coefficient (Wildman–Crippen LogP) is 2.52. The fourth-order valence-electron chi connectivity index (χ4n) is 2.14. The lowest BCUT2D eigenvalue weighted by molar-refractivity contribution is -0.384. The summed E-state index contributed by atoms with van der Waals surface area (Å²) in [6.45, 7) is 6.02. The highest BCUT2D eigenvalue weighted by atomic mass is 32.2. The quantitative estimate of drug-likeness (QED) is 0.613. The molecule has 0 aliphatic heterocycles. The third-order valence-electron chi connectivity index (χ3n) is 3.65. The summed E-state index contributed by atoms with van der Waals surface area (Å²) in [7, 11) is -3.97. The number of amides is 1. The molecular formula is C17H19N3O5S. The molecule has 2 rings (SSSR count). The number of sulfonamides is 1. The van der Waals surface area contributed by atoms with E-state index in [9.17, 15) is 23.3 Å². The molecule has 2 N–H and O–H groups in total. The Morgan fingerprint density at radius 1 is 1.08 bits per heavy atom. The van der Waals surface area contributed by atoms with Gasteiger partial charge < -0.3 is 0 Å². The van der Waals surface area contributed by atoms with Gasteiger partial charge in [-0.1, -0.05) is 39.0 Å². The van der Waals surface area contributed by atoms with Crippen molar-refractivity contribution in [3.05, 3.63) is 69.8 Å². The summed E-state index contributed by atoms with van der Waals surface area (Å²) in [5, 5.41) is 10.7. The zero-order valence-corrected chi connectivity index (χ0v) is 15.3. The van der Waals surface area contributed by atoms with Crippen LogP contribution in [-0.2, 0) is 15.4 Å². The lowest BCUT2D eigenvalue weighted by atomic mass is 9.87. The van der Waals surface area contributed by atoms with E-state index in [2.05, 4.69) is 0 Å². The maximum Gasteiger partial charge on any atom is 0.270 e. The zero-order chi connectivity index (χ0) is 19.5. The molecule has 0 saturated heterocycles. The molecule has 2 aromatic rings. The molecule has 0 bridgehead atoms. The van der Waals surface area contributed by atoms with Crippen molar-refractivity contribution in [1.82, 2.24) is 10.3 Å². The van der Waals surface area contributed by atoms with Gasteiger partial charge in [0.15, 0.2) is 0 Å². The summed E-state index contributed by atoms with van der Waals surface area (Å²) in [5.41, 5.74) is 2.60. The van der Waals surface area contributed by atoms with Crippen LogP contribution in [0.2, 0.25) is 0 Å². The lowest BCUT2D eigenvalue weighted by Crippen LogP contribution is -2.41. The van der Waals surface area contributed by atoms with Gasteiger partial charge in [0.05, 0.1) is 9.82 Å². The predicted molar refractivity (Wildman–Crippen MR) is 96.0 cm³/mol. The van der Waals surface area contributed by atoms with E-state index in [0.717, 1.165) is 11.6 Å². The molecule has 0 aliphatic carbocycles. The van der Waals surface area contributed by atoms with Crippen LogP contribution in [0.5, 0.6) is 0 Å². The molecule has 2 aromatic carbocycles. The van der Waals surface area contributed by atoms with Gasteiger partial charge in [-0.15, -0.1) is 4.83 Å². The van der Waals surface area contributed by atoms with Crippen LogP contribution in [0.15, 0.2) is 53.4 Å². The van der Waals surface area contributed by atoms with E-state index in [1.54, 1.807) is 12.1 Å². The number of carbonyl (C=O) groups is 1. The molecule has 0 fully saturated rings. The van der Waals surface area contributed by atoms with Crippen molar-refractivity contribution in [3.8, 4) is 0 Å². The van der Waals surface area contributed by atoms with Gasteiger partial charge in [-0.05, 0) is 29.2 Å². The van der Waals surface area contributed by atoms with Crippen LogP contribution in [0, 0.1) is 10.1 Å². The Morgan fingerprint density at radius 2 is 1.69 bits per heavy atom. The average molecular weight is 377 g/mol. The van der Waals surface area contributed by atoms with Gasteiger partial charge >= 0.3 is 0 Å². The molecule has 138 valence electrons. The van der Waals surface area contributed by atoms with Gasteiger partial charge in [0.2, 0.25) is 0 Å². The highest BCUT2D eigenvalue weighted by Gasteiger charge is 2.19. The van der Waals surface area contributed by atoms with Gasteiger partial charge in [0, 0.05) is 17.7 Å². The number of non-ortho nitro benzene ring substituents is 1. The minimum Gasteiger partial charge on any atom is -0.273 e. The fraction of sp³-hybridized carbons (Fsp3) is 0.235. The highest BCUT2D eigenvalue weighted by Crippen LogP contribution is 2.23. The average Bonchev–Trinajstić information content (AvgIpc) is 2.59. The summed E-state index contributed by atoms with van der Waals surface area (Å²) < 4.78 is 24.5. The Hall–Kier alpha value is -2.78. The minimum absolute atomic E-state index is 0.00941. The highest BCUT2D eigenvalue weighted by molar-refractivity contribution is 7.89. The van der Waals surface area contributed by atoms with Crippen molar-refractivity contribution < 1.29 is 18.1 Å². The van der Waals surface area contributed by atoms with E-state index < -0.39 is 20.9 Å². The monoisotopic (exact) mass is 377 g/mol. The molecule has 1 amide bonds. The van der Waals surface area contributed by atoms with E-state index >= 15 is 0 Å². The van der Waals surface area contributed by atoms with Crippen molar-refractivity contribution in [1.29, 1.82) is 0 Å². The van der Waals surface area contributed by atoms with Crippen LogP contribution in [-0.4, -0.2) is 19.2 Å². The van der Waals surface area contributed by atoms with Gasteiger partial charge in [-0.25, -0.2) is 8.42 Å². The van der Waals surface area contributed by atoms with Crippen LogP contribution in [0.1, 0.15) is 36.7 Å². The van der Waals surface area contributed by atoms with E-state index in [4.69, 9.17) is 0 Å². The molecule has 0 spiro atoms. The number of nitrogens with zero attached hydrogens (tertiary/aromatic N) is 1. The first-order chi connectivity index (χ1) is 12.0. The lowest BCUT2D eigenvalue weighted by Gasteiger charge is -2.19. The number of nitro groups is 1. The molecule has 0 atom stereocenters. The van der Waals surface area contributed by atoms with E-state index in [0.29, 0.717) is 0 Å². The van der Waals surface area contributed by atoms with Crippen molar-refractivity contribution in [3.63, 3.8) is 0 Å². The number of rotatable bonds is 5. The van der Waals surface area contributed by atoms with Gasteiger partial charge in [-0.3, -0.25) is 20.3 Å². The molecule has 0 saturated carbocycles. The van der Waals surface area contributed by atoms with E-state index in [1.165, 1.54) is 30.3 Å². The molecule has 8 nitrogen and oxygen atoms in total. The second-order valence-corrected chi connectivity index (χ2v) is 8.32. The Bertz CT molecular complexity index is 932. The Balaban J connectivity index is 2.11. The van der Waals surface area contributed by atoms with Crippen molar-refractivity contribution in [2.24, 2.45) is 0 Å². The van der Waals surface area contributed by atoms with Gasteiger partial charge in [-0.2, -0.15) is 0 Å². The SMILES string of the molecule is CC(C)(C)c1ccc(S(=O)(=O)NNC(=O)c2cccc([N+](=O)[O-])c2)cc1. The fourth-order valence-corrected chi connectivity index (χ4v) is 2.98. The number of nitrogens with one attached hydrogen (secondary N) is 2. The largest absolute Gasteiger partial charge is 0.273 e. The smallest absolute Gasteiger partial charge is 0.270 e. The summed E-state index contributed by atoms with van der Waals surface area (Å²) in [5.74, 6) is -0.802. The Labute approximate surface area is 151 Å². The third kappa shape index (κ3) is 4.64. The molecule has 26 heavy (non-hydrogen) atoms. The van der Waals surface area contributed by atoms with Gasteiger partial charge in [0.1, 0.15) is 0 Å². The zero-order valence-electron chi connectivity index (χ0n) is 14.5. The molecule has 0 radical (unpaired) electrons. The summed E-state index contributed by atoms with van der Waals surface area (Å²) in [4.78, 5) is 24.1. The van der Waals surface area contributed by atoms with Crippen molar-refractivity contribution in [2.45, 2.75) is 31.1 Å². The number of hydrazine groups is 1. The standard InChI is InChI=1S/C17H19N3O5S/c1-17(2,3)13-7-9-15(10-8-13)26(24,25)19-18-16(21)12-5-4-6-14(11-12)20(22)23/h4-11,19H,1-3H3,(H,18,21). The van der Waals surface area contributed by atoms with Crippen molar-refractivity contribution >= 4 is 21.6 Å². The number of carbonyl (C=O) groups excluding carboxylic acids is 1. The molecular weight excluding hydrogens is 358 g/mol. The number of nitro benzene ring substituents is 1. The maximum absolute atomic E-state index is 12.3. The molecule has 0 aromatic heterocycles. The second kappa shape index (κ2) is 7.22. The molecule has 0 aliphatic rings. The summed E-state index contributed by atoms with van der Waals surface area (Å²) in [6.07, 6.45) is 0. The normalized spacial score (nSPS) is 11.8. The molecule has 0 heterocycles. The maximum atomic E-state index is 12.3. The minimum atomic E-state index is -3.97. The molecule has 9 heteroatoms. The number of benzene rings is 2. The van der Waals surface area contributed by atoms with Crippen LogP contribution in [0.4, 0.5) is 5.69 Å². The summed E-state index contributed by atoms with van der Waals surface area (Å²) in [6, 6.07) is 11.3.